The maximum absolute atomic E-state index is 14.4. The number of ether oxygens (including phenoxy) is 2. The molecule has 5 amide bonds. The summed E-state index contributed by atoms with van der Waals surface area (Å²) in [5.41, 5.74) is 11.2. The van der Waals surface area contributed by atoms with Crippen molar-refractivity contribution < 1.29 is 41.9 Å². The lowest BCUT2D eigenvalue weighted by Crippen LogP contribution is -2.61. The summed E-state index contributed by atoms with van der Waals surface area (Å²) in [5.74, 6) is -2.55. The average Bonchev–Trinajstić information content (AvgIpc) is 3.89. The highest BCUT2D eigenvalue weighted by atomic mass is 32.2. The monoisotopic (exact) mass is 1040 g/mol. The van der Waals surface area contributed by atoms with Crippen LogP contribution >= 0.6 is 0 Å². The fourth-order valence-electron chi connectivity index (χ4n) is 9.67. The quantitative estimate of drug-likeness (QED) is 0.0166. The van der Waals surface area contributed by atoms with E-state index in [2.05, 4.69) is 49.5 Å². The van der Waals surface area contributed by atoms with Crippen LogP contribution in [-0.2, 0) is 40.4 Å². The molecule has 0 unspecified atom stereocenters. The predicted octanol–water partition coefficient (Wildman–Crippen LogP) is 6.89. The summed E-state index contributed by atoms with van der Waals surface area (Å²) >= 11 is 0. The number of unbranched alkanes of at least 4 members (excludes halogenated alkanes) is 1. The van der Waals surface area contributed by atoms with Crippen molar-refractivity contribution in [2.45, 2.75) is 133 Å². The van der Waals surface area contributed by atoms with Crippen LogP contribution in [0.3, 0.4) is 0 Å². The molecule has 1 aliphatic carbocycles. The molecule has 0 aromatic heterocycles. The van der Waals surface area contributed by atoms with E-state index < -0.39 is 69.0 Å². The van der Waals surface area contributed by atoms with Gasteiger partial charge in [-0.1, -0.05) is 97.9 Å². The van der Waals surface area contributed by atoms with Gasteiger partial charge in [0.1, 0.15) is 41.6 Å². The topological polar surface area (TPSA) is 249 Å². The minimum atomic E-state index is -4.22. The highest BCUT2D eigenvalue weighted by Crippen LogP contribution is 2.45. The summed E-state index contributed by atoms with van der Waals surface area (Å²) in [4.78, 5) is 74.3. The number of carbonyl (C=O) groups is 5. The van der Waals surface area contributed by atoms with E-state index in [1.807, 2.05) is 69.3 Å². The number of aliphatic imine (C=N–C) groups is 1. The van der Waals surface area contributed by atoms with Crippen molar-refractivity contribution in [2.75, 3.05) is 19.7 Å². The molecule has 4 atom stereocenters. The van der Waals surface area contributed by atoms with Crippen LogP contribution in [-0.4, -0.2) is 87.0 Å². The van der Waals surface area contributed by atoms with Crippen LogP contribution in [0.4, 0.5) is 4.79 Å². The molecule has 0 saturated carbocycles. The molecule has 0 bridgehead atoms. The van der Waals surface area contributed by atoms with E-state index in [9.17, 15) is 32.4 Å². The van der Waals surface area contributed by atoms with Crippen LogP contribution in [0.15, 0.2) is 114 Å². The lowest BCUT2D eigenvalue weighted by Gasteiger charge is -2.31. The standard InChI is InChI=1S/C57H72N8O9S/c1-10-13-21-31-59-52(68)47(38-23-15-14-16-24-38)63-50(66)45(12-3)61-51(67)46(29-22-32-60-54(58)65-75(71,72)49-36(5)35(4)48-43(37(49)6)33-56(7,8)74-48)62-53(69)57(9,30-11-2)64-55(70)73-34-44-41-27-19-17-25-39(41)40-26-18-20-28-42(40)44/h10-11,14-20,23-28,44-47H,1-2,12-13,21-22,29-34H2,3-9H3,(H,59,68)(H,61,67)(H,62,69)(H,63,66)(H,64,70)(H3,58,60,65)/t45-,46-,47+,57+/m0/s1. The van der Waals surface area contributed by atoms with Gasteiger partial charge in [0, 0.05) is 31.0 Å². The Hall–Kier alpha value is -7.47. The van der Waals surface area contributed by atoms with Crippen LogP contribution in [0.1, 0.15) is 117 Å². The number of sulfonamides is 1. The van der Waals surface area contributed by atoms with Gasteiger partial charge in [0.2, 0.25) is 29.6 Å². The van der Waals surface area contributed by atoms with Crippen molar-refractivity contribution in [1.29, 1.82) is 0 Å². The number of rotatable bonds is 24. The van der Waals surface area contributed by atoms with Crippen molar-refractivity contribution >= 4 is 45.7 Å². The number of hydrogen-bond donors (Lipinski definition) is 7. The first-order chi connectivity index (χ1) is 35.6. The number of alkyl carbamates (subject to hydrolysis) is 1. The van der Waals surface area contributed by atoms with Crippen LogP contribution in [0.5, 0.6) is 5.75 Å². The van der Waals surface area contributed by atoms with Crippen molar-refractivity contribution in [2.24, 2.45) is 10.7 Å². The lowest BCUT2D eigenvalue weighted by molar-refractivity contribution is -0.135. The number of hydrogen-bond acceptors (Lipinski definition) is 10. The third-order valence-corrected chi connectivity index (χ3v) is 15.4. The van der Waals surface area contributed by atoms with Gasteiger partial charge in [0.25, 0.3) is 10.0 Å². The van der Waals surface area contributed by atoms with Crippen LogP contribution in [0.25, 0.3) is 11.1 Å². The summed E-state index contributed by atoms with van der Waals surface area (Å²) in [6.07, 6.45) is 4.23. The number of nitrogens with one attached hydrogen (secondary N) is 6. The first-order valence-electron chi connectivity index (χ1n) is 25.4. The predicted molar refractivity (Wildman–Crippen MR) is 290 cm³/mol. The number of guanidine groups is 1. The zero-order valence-corrected chi connectivity index (χ0v) is 44.9. The summed E-state index contributed by atoms with van der Waals surface area (Å²) in [6, 6.07) is 20.9. The number of nitrogens with zero attached hydrogens (tertiary/aromatic N) is 1. The van der Waals surface area contributed by atoms with Crippen molar-refractivity contribution in [3.05, 3.63) is 143 Å². The third-order valence-electron chi connectivity index (χ3n) is 13.7. The van der Waals surface area contributed by atoms with Gasteiger partial charge in [0.05, 0.1) is 4.90 Å². The number of fused-ring (bicyclic) bond motifs is 4. The molecule has 0 radical (unpaired) electrons. The first kappa shape index (κ1) is 56.8. The Morgan fingerprint density at radius 1 is 0.840 bits per heavy atom. The van der Waals surface area contributed by atoms with E-state index in [0.717, 1.165) is 27.8 Å². The van der Waals surface area contributed by atoms with Crippen molar-refractivity contribution in [3.63, 3.8) is 0 Å². The smallest absolute Gasteiger partial charge is 0.408 e. The lowest BCUT2D eigenvalue weighted by atomic mass is 9.94. The highest BCUT2D eigenvalue weighted by molar-refractivity contribution is 7.90. The van der Waals surface area contributed by atoms with E-state index >= 15 is 0 Å². The summed E-state index contributed by atoms with van der Waals surface area (Å²) in [6.45, 7) is 20.1. The van der Waals surface area contributed by atoms with Gasteiger partial charge >= 0.3 is 6.09 Å². The molecule has 1 heterocycles. The second-order valence-corrected chi connectivity index (χ2v) is 21.5. The minimum absolute atomic E-state index is 0.0153. The highest BCUT2D eigenvalue weighted by Gasteiger charge is 2.40. The second-order valence-electron chi connectivity index (χ2n) is 19.9. The second kappa shape index (κ2) is 24.7. The maximum atomic E-state index is 14.4. The van der Waals surface area contributed by atoms with Crippen LogP contribution in [0.2, 0.25) is 0 Å². The van der Waals surface area contributed by atoms with Gasteiger partial charge in [-0.3, -0.25) is 24.2 Å². The molecule has 75 heavy (non-hydrogen) atoms. The van der Waals surface area contributed by atoms with E-state index in [4.69, 9.17) is 15.2 Å². The zero-order chi connectivity index (χ0) is 54.7. The van der Waals surface area contributed by atoms with Gasteiger partial charge in [0.15, 0.2) is 0 Å². The van der Waals surface area contributed by atoms with Gasteiger partial charge in [-0.2, -0.15) is 0 Å². The van der Waals surface area contributed by atoms with Gasteiger partial charge < -0.3 is 41.8 Å². The SMILES string of the molecule is C=CCCCNC(=O)[C@H](NC(=O)[C@H](CC)NC(=O)[C@H](CCCN=C(N)NS(=O)(=O)c1c(C)c(C)c2c(c1C)CC(C)(C)O2)NC(=O)[C@@](C)(CC=C)NC(=O)OCC1c2ccccc2-c2ccccc21)c1ccccc1. The summed E-state index contributed by atoms with van der Waals surface area (Å²) in [5, 5.41) is 13.9. The van der Waals surface area contributed by atoms with Crippen LogP contribution < -0.4 is 41.8 Å². The third kappa shape index (κ3) is 13.6. The molecule has 0 fully saturated rings. The molecular weight excluding hydrogens is 973 g/mol. The molecule has 400 valence electrons. The Bertz CT molecular complexity index is 2900. The molecule has 17 nitrogen and oxygen atoms in total. The fourth-order valence-corrected chi connectivity index (χ4v) is 11.2. The number of allylic oxidation sites excluding steroid dienone is 1. The molecule has 6 rings (SSSR count). The maximum Gasteiger partial charge on any atom is 0.408 e. The molecule has 1 aliphatic heterocycles. The number of nitrogens with two attached hydrogens (primary N) is 1. The molecular formula is C57H72N8O9S. The summed E-state index contributed by atoms with van der Waals surface area (Å²) < 4.78 is 42.2. The molecule has 8 N–H and O–H groups in total. The Balaban J connectivity index is 1.19. The van der Waals surface area contributed by atoms with Gasteiger partial charge in [-0.05, 0) is 125 Å². The zero-order valence-electron chi connectivity index (χ0n) is 44.1. The number of carbonyl (C=O) groups excluding carboxylic acids is 5. The number of amides is 5. The normalized spacial score (nSPS) is 15.5. The Morgan fingerprint density at radius 2 is 1.47 bits per heavy atom. The van der Waals surface area contributed by atoms with E-state index in [1.165, 1.54) is 13.0 Å². The van der Waals surface area contributed by atoms with Crippen LogP contribution in [0, 0.1) is 20.8 Å². The molecule has 2 aliphatic rings. The van der Waals surface area contributed by atoms with Crippen molar-refractivity contribution in [3.8, 4) is 16.9 Å². The summed E-state index contributed by atoms with van der Waals surface area (Å²) in [7, 11) is -4.22. The Kier molecular flexibility index (Phi) is 18.7. The molecule has 0 saturated heterocycles. The average molecular weight is 1050 g/mol. The largest absolute Gasteiger partial charge is 0.487 e. The van der Waals surface area contributed by atoms with E-state index in [-0.39, 0.29) is 55.6 Å². The minimum Gasteiger partial charge on any atom is -0.487 e. The molecule has 4 aromatic carbocycles. The van der Waals surface area contributed by atoms with E-state index in [0.29, 0.717) is 53.8 Å². The number of benzene rings is 4. The first-order valence-corrected chi connectivity index (χ1v) is 26.9. The van der Waals surface area contributed by atoms with Crippen molar-refractivity contribution in [1.82, 2.24) is 31.3 Å². The van der Waals surface area contributed by atoms with Gasteiger partial charge in [-0.15, -0.1) is 13.2 Å². The molecule has 4 aromatic rings. The van der Waals surface area contributed by atoms with Gasteiger partial charge in [-0.25, -0.2) is 17.9 Å². The van der Waals surface area contributed by atoms with E-state index in [1.54, 1.807) is 57.2 Å². The molecule has 18 heteroatoms. The molecule has 0 spiro atoms. The Morgan fingerprint density at radius 3 is 2.09 bits per heavy atom. The fraction of sp³-hybridized carbons (Fsp3) is 0.404. The Labute approximate surface area is 441 Å².